The fourth-order valence-electron chi connectivity index (χ4n) is 1.28. The van der Waals surface area contributed by atoms with Gasteiger partial charge in [0.2, 0.25) is 0 Å². The van der Waals surface area contributed by atoms with Gasteiger partial charge in [-0.3, -0.25) is 9.71 Å². The van der Waals surface area contributed by atoms with Gasteiger partial charge < -0.3 is 5.11 Å². The molecule has 0 aliphatic rings. The van der Waals surface area contributed by atoms with Crippen molar-refractivity contribution >= 4 is 15.7 Å². The van der Waals surface area contributed by atoms with Crippen LogP contribution in [-0.2, 0) is 10.0 Å². The fourth-order valence-corrected chi connectivity index (χ4v) is 2.31. The molecule has 5 nitrogen and oxygen atoms in total. The lowest BCUT2D eigenvalue weighted by atomic mass is 10.3. The van der Waals surface area contributed by atoms with Gasteiger partial charge in [0.05, 0.1) is 6.20 Å². The molecule has 0 radical (unpaired) electrons. The topological polar surface area (TPSA) is 79.3 Å². The van der Waals surface area contributed by atoms with E-state index < -0.39 is 15.8 Å². The lowest BCUT2D eigenvalue weighted by Crippen LogP contribution is -2.13. The predicted octanol–water partition coefficient (Wildman–Crippen LogP) is 1.73. The number of nitrogens with one attached hydrogen (secondary N) is 1. The lowest BCUT2D eigenvalue weighted by Gasteiger charge is -2.07. The molecular formula is C11H9FN2O3S. The van der Waals surface area contributed by atoms with Gasteiger partial charge in [0.1, 0.15) is 16.5 Å². The van der Waals surface area contributed by atoms with Crippen molar-refractivity contribution in [2.45, 2.75) is 4.90 Å². The van der Waals surface area contributed by atoms with Gasteiger partial charge in [0.15, 0.2) is 0 Å². The Labute approximate surface area is 103 Å². The number of hydrogen-bond donors (Lipinski definition) is 2. The molecule has 0 fully saturated rings. The second kappa shape index (κ2) is 4.61. The second-order valence-corrected chi connectivity index (χ2v) is 5.17. The SMILES string of the molecule is O=S(=O)(Nc1ccc(O)cc1)c1cncc(F)c1. The highest BCUT2D eigenvalue weighted by molar-refractivity contribution is 7.92. The normalized spacial score (nSPS) is 11.2. The fraction of sp³-hybridized carbons (Fsp3) is 0. The first kappa shape index (κ1) is 12.3. The van der Waals surface area contributed by atoms with Gasteiger partial charge in [0.25, 0.3) is 10.0 Å². The molecule has 0 saturated heterocycles. The second-order valence-electron chi connectivity index (χ2n) is 3.49. The Bertz CT molecular complexity index is 656. The maximum atomic E-state index is 12.9. The third kappa shape index (κ3) is 2.75. The lowest BCUT2D eigenvalue weighted by molar-refractivity contribution is 0.475. The van der Waals surface area contributed by atoms with E-state index in [4.69, 9.17) is 5.11 Å². The van der Waals surface area contributed by atoms with Gasteiger partial charge >= 0.3 is 0 Å². The molecule has 2 aromatic rings. The summed E-state index contributed by atoms with van der Waals surface area (Å²) in [5.41, 5.74) is 0.261. The van der Waals surface area contributed by atoms with E-state index in [9.17, 15) is 12.8 Å². The number of halogens is 1. The number of sulfonamides is 1. The molecular weight excluding hydrogens is 259 g/mol. The number of aromatic nitrogens is 1. The van der Waals surface area contributed by atoms with Crippen LogP contribution in [0.4, 0.5) is 10.1 Å². The molecule has 18 heavy (non-hydrogen) atoms. The number of rotatable bonds is 3. The number of pyridine rings is 1. The summed E-state index contributed by atoms with van der Waals surface area (Å²) in [6.07, 6.45) is 1.96. The molecule has 0 spiro atoms. The average molecular weight is 268 g/mol. The van der Waals surface area contributed by atoms with Crippen molar-refractivity contribution < 1.29 is 17.9 Å². The Balaban J connectivity index is 2.30. The highest BCUT2D eigenvalue weighted by Crippen LogP contribution is 2.18. The molecule has 0 aliphatic carbocycles. The van der Waals surface area contributed by atoms with E-state index >= 15 is 0 Å². The van der Waals surface area contributed by atoms with Crippen LogP contribution in [0.25, 0.3) is 0 Å². The first-order chi connectivity index (χ1) is 8.47. The zero-order chi connectivity index (χ0) is 13.2. The van der Waals surface area contributed by atoms with E-state index in [1.54, 1.807) is 0 Å². The number of aromatic hydroxyl groups is 1. The van der Waals surface area contributed by atoms with Crippen LogP contribution in [0, 0.1) is 5.82 Å². The first-order valence-electron chi connectivity index (χ1n) is 4.90. The number of phenolic OH excluding ortho intramolecular Hbond substituents is 1. The molecule has 1 aromatic heterocycles. The van der Waals surface area contributed by atoms with E-state index in [-0.39, 0.29) is 16.3 Å². The molecule has 94 valence electrons. The average Bonchev–Trinajstić information content (AvgIpc) is 2.32. The van der Waals surface area contributed by atoms with E-state index in [1.165, 1.54) is 24.3 Å². The van der Waals surface area contributed by atoms with Crippen LogP contribution in [0.1, 0.15) is 0 Å². The summed E-state index contributed by atoms with van der Waals surface area (Å²) in [6, 6.07) is 6.32. The Hall–Kier alpha value is -2.15. The van der Waals surface area contributed by atoms with E-state index in [0.717, 1.165) is 18.5 Å². The van der Waals surface area contributed by atoms with Gasteiger partial charge in [0, 0.05) is 11.9 Å². The van der Waals surface area contributed by atoms with Crippen molar-refractivity contribution in [3.05, 3.63) is 48.5 Å². The zero-order valence-electron chi connectivity index (χ0n) is 9.04. The van der Waals surface area contributed by atoms with Crippen molar-refractivity contribution in [3.8, 4) is 5.75 Å². The van der Waals surface area contributed by atoms with E-state index in [2.05, 4.69) is 9.71 Å². The summed E-state index contributed by atoms with van der Waals surface area (Å²) in [6.45, 7) is 0. The molecule has 0 saturated carbocycles. The Kier molecular flexibility index (Phi) is 3.15. The number of nitrogens with zero attached hydrogens (tertiary/aromatic N) is 1. The van der Waals surface area contributed by atoms with Gasteiger partial charge in [-0.2, -0.15) is 0 Å². The summed E-state index contributed by atoms with van der Waals surface area (Å²) in [7, 11) is -3.88. The van der Waals surface area contributed by atoms with Crippen LogP contribution in [0.15, 0.2) is 47.6 Å². The molecule has 0 bridgehead atoms. The van der Waals surface area contributed by atoms with Crippen LogP contribution < -0.4 is 4.72 Å². The number of anilines is 1. The third-order valence-corrected chi connectivity index (χ3v) is 3.46. The molecule has 2 N–H and O–H groups in total. The minimum atomic E-state index is -3.88. The molecule has 0 aliphatic heterocycles. The van der Waals surface area contributed by atoms with Crippen molar-refractivity contribution in [3.63, 3.8) is 0 Å². The maximum Gasteiger partial charge on any atom is 0.263 e. The standard InChI is InChI=1S/C11H9FN2O3S/c12-8-5-11(7-13-6-8)18(16,17)14-9-1-3-10(15)4-2-9/h1-7,14-15H. The monoisotopic (exact) mass is 268 g/mol. The Morgan fingerprint density at radius 1 is 1.17 bits per heavy atom. The van der Waals surface area contributed by atoms with Crippen LogP contribution in [-0.4, -0.2) is 18.5 Å². The molecule has 7 heteroatoms. The largest absolute Gasteiger partial charge is 0.508 e. The van der Waals surface area contributed by atoms with Crippen LogP contribution in [0.3, 0.4) is 0 Å². The molecule has 0 unspecified atom stereocenters. The summed E-state index contributed by atoms with van der Waals surface area (Å²) >= 11 is 0. The third-order valence-electron chi connectivity index (χ3n) is 2.11. The minimum absolute atomic E-state index is 0.0189. The molecule has 2 rings (SSSR count). The Morgan fingerprint density at radius 3 is 2.44 bits per heavy atom. The van der Waals surface area contributed by atoms with Gasteiger partial charge in [-0.25, -0.2) is 12.8 Å². The highest BCUT2D eigenvalue weighted by Gasteiger charge is 2.15. The van der Waals surface area contributed by atoms with E-state index in [0.29, 0.717) is 0 Å². The van der Waals surface area contributed by atoms with Gasteiger partial charge in [-0.1, -0.05) is 0 Å². The van der Waals surface area contributed by atoms with Crippen molar-refractivity contribution in [2.75, 3.05) is 4.72 Å². The predicted molar refractivity (Wildman–Crippen MR) is 63.1 cm³/mol. The number of phenols is 1. The van der Waals surface area contributed by atoms with Crippen LogP contribution in [0.5, 0.6) is 5.75 Å². The smallest absolute Gasteiger partial charge is 0.263 e. The van der Waals surface area contributed by atoms with E-state index in [1.807, 2.05) is 0 Å². The van der Waals surface area contributed by atoms with Crippen molar-refractivity contribution in [2.24, 2.45) is 0 Å². The molecule has 0 amide bonds. The Morgan fingerprint density at radius 2 is 1.83 bits per heavy atom. The maximum absolute atomic E-state index is 12.9. The van der Waals surface area contributed by atoms with Crippen LogP contribution in [0.2, 0.25) is 0 Å². The molecule has 1 heterocycles. The van der Waals surface area contributed by atoms with Crippen LogP contribution >= 0.6 is 0 Å². The summed E-state index contributed by atoms with van der Waals surface area (Å²) in [5, 5.41) is 9.07. The number of hydrogen-bond acceptors (Lipinski definition) is 4. The van der Waals surface area contributed by atoms with Crippen molar-refractivity contribution in [1.82, 2.24) is 4.98 Å². The highest BCUT2D eigenvalue weighted by atomic mass is 32.2. The number of benzene rings is 1. The summed E-state index contributed by atoms with van der Waals surface area (Å²) < 4.78 is 38.9. The van der Waals surface area contributed by atoms with Crippen molar-refractivity contribution in [1.29, 1.82) is 0 Å². The first-order valence-corrected chi connectivity index (χ1v) is 6.38. The summed E-state index contributed by atoms with van der Waals surface area (Å²) in [5.74, 6) is -0.714. The summed E-state index contributed by atoms with van der Waals surface area (Å²) in [4.78, 5) is 3.20. The van der Waals surface area contributed by atoms with Gasteiger partial charge in [-0.05, 0) is 30.3 Å². The minimum Gasteiger partial charge on any atom is -0.508 e. The van der Waals surface area contributed by atoms with Gasteiger partial charge in [-0.15, -0.1) is 0 Å². The molecule has 1 aromatic carbocycles. The quantitative estimate of drug-likeness (QED) is 0.831. The zero-order valence-corrected chi connectivity index (χ0v) is 9.86. The molecule has 0 atom stereocenters.